The Hall–Kier alpha value is -1.21. The van der Waals surface area contributed by atoms with Gasteiger partial charge in [-0.1, -0.05) is 11.2 Å². The summed E-state index contributed by atoms with van der Waals surface area (Å²) in [4.78, 5) is 6.20. The first-order valence-corrected chi connectivity index (χ1v) is 8.43. The van der Waals surface area contributed by atoms with Crippen molar-refractivity contribution in [1.29, 1.82) is 0 Å². The molecule has 21 heavy (non-hydrogen) atoms. The van der Waals surface area contributed by atoms with E-state index in [4.69, 9.17) is 4.52 Å². The van der Waals surface area contributed by atoms with Gasteiger partial charge < -0.3 is 9.84 Å². The first-order valence-electron chi connectivity index (χ1n) is 7.55. The predicted octanol–water partition coefficient (Wildman–Crippen LogP) is 1.49. The van der Waals surface area contributed by atoms with Crippen molar-refractivity contribution in [2.45, 2.75) is 12.6 Å². The second kappa shape index (κ2) is 5.88. The zero-order chi connectivity index (χ0) is 14.1. The number of thiophene rings is 1. The molecule has 2 saturated heterocycles. The summed E-state index contributed by atoms with van der Waals surface area (Å²) in [7, 11) is 0. The van der Waals surface area contributed by atoms with Gasteiger partial charge in [0, 0.05) is 57.9 Å². The van der Waals surface area contributed by atoms with Crippen LogP contribution in [0.5, 0.6) is 0 Å². The first-order chi connectivity index (χ1) is 10.4. The van der Waals surface area contributed by atoms with Gasteiger partial charge in [0.2, 0.25) is 0 Å². The fourth-order valence-electron chi connectivity index (χ4n) is 3.10. The summed E-state index contributed by atoms with van der Waals surface area (Å²) in [6.45, 7) is 7.84. The molecule has 0 spiro atoms. The molecule has 112 valence electrons. The Morgan fingerprint density at radius 2 is 2.19 bits per heavy atom. The van der Waals surface area contributed by atoms with Crippen molar-refractivity contribution < 1.29 is 4.52 Å². The SMILES string of the molecule is c1csc(-c2cc(CN3CC(N4CCNCC4)C3)no2)c1. The predicted molar refractivity (Wildman–Crippen MR) is 83.3 cm³/mol. The molecule has 0 radical (unpaired) electrons. The van der Waals surface area contributed by atoms with Crippen LogP contribution in [0.25, 0.3) is 10.6 Å². The maximum absolute atomic E-state index is 5.44. The molecule has 2 fully saturated rings. The topological polar surface area (TPSA) is 44.5 Å². The lowest BCUT2D eigenvalue weighted by molar-refractivity contribution is 0.0211. The van der Waals surface area contributed by atoms with Crippen molar-refractivity contribution in [2.75, 3.05) is 39.3 Å². The van der Waals surface area contributed by atoms with Gasteiger partial charge in [-0.05, 0) is 11.4 Å². The smallest absolute Gasteiger partial charge is 0.177 e. The van der Waals surface area contributed by atoms with E-state index in [0.717, 1.165) is 55.1 Å². The van der Waals surface area contributed by atoms with E-state index in [2.05, 4.69) is 37.8 Å². The number of piperazine rings is 1. The Bertz CT molecular complexity index is 570. The molecule has 0 unspecified atom stereocenters. The molecule has 6 heteroatoms. The number of aromatic nitrogens is 1. The maximum atomic E-state index is 5.44. The molecule has 5 nitrogen and oxygen atoms in total. The van der Waals surface area contributed by atoms with E-state index in [1.54, 1.807) is 11.3 Å². The maximum Gasteiger partial charge on any atom is 0.177 e. The second-order valence-corrected chi connectivity index (χ2v) is 6.74. The lowest BCUT2D eigenvalue weighted by Crippen LogP contribution is -2.62. The standard InChI is InChI=1S/C15H20N4OS/c1-2-15(21-7-1)14-8-12(17-20-14)9-18-10-13(11-18)19-5-3-16-4-6-19/h1-2,7-8,13,16H,3-6,9-11H2. The molecule has 4 heterocycles. The fourth-order valence-corrected chi connectivity index (χ4v) is 3.77. The molecule has 1 N–H and O–H groups in total. The van der Waals surface area contributed by atoms with Crippen LogP contribution in [0.4, 0.5) is 0 Å². The van der Waals surface area contributed by atoms with Crippen LogP contribution in [0.1, 0.15) is 5.69 Å². The summed E-state index contributed by atoms with van der Waals surface area (Å²) < 4.78 is 5.44. The third-order valence-corrected chi connectivity index (χ3v) is 5.20. The molecule has 0 aromatic carbocycles. The number of hydrogen-bond donors (Lipinski definition) is 1. The van der Waals surface area contributed by atoms with Crippen LogP contribution < -0.4 is 5.32 Å². The second-order valence-electron chi connectivity index (χ2n) is 5.79. The van der Waals surface area contributed by atoms with E-state index >= 15 is 0 Å². The minimum Gasteiger partial charge on any atom is -0.355 e. The molecule has 2 aliphatic rings. The number of hydrogen-bond acceptors (Lipinski definition) is 6. The van der Waals surface area contributed by atoms with Gasteiger partial charge in [-0.25, -0.2) is 0 Å². The molecule has 0 aliphatic carbocycles. The van der Waals surface area contributed by atoms with Crippen LogP contribution in [0.15, 0.2) is 28.1 Å². The molecule has 0 amide bonds. The third kappa shape index (κ3) is 2.89. The van der Waals surface area contributed by atoms with E-state index < -0.39 is 0 Å². The molecule has 2 aliphatic heterocycles. The zero-order valence-corrected chi connectivity index (χ0v) is 12.8. The normalized spacial score (nSPS) is 21.5. The van der Waals surface area contributed by atoms with Crippen LogP contribution in [-0.4, -0.2) is 60.3 Å². The Balaban J connectivity index is 1.30. The van der Waals surface area contributed by atoms with E-state index in [1.165, 1.54) is 13.1 Å². The molecule has 2 aromatic rings. The van der Waals surface area contributed by atoms with Gasteiger partial charge in [0.05, 0.1) is 10.6 Å². The van der Waals surface area contributed by atoms with Crippen molar-refractivity contribution in [1.82, 2.24) is 20.3 Å². The lowest BCUT2D eigenvalue weighted by Gasteiger charge is -2.46. The van der Waals surface area contributed by atoms with Gasteiger partial charge in [0.1, 0.15) is 0 Å². The minimum absolute atomic E-state index is 0.732. The van der Waals surface area contributed by atoms with Gasteiger partial charge >= 0.3 is 0 Å². The van der Waals surface area contributed by atoms with E-state index in [1.807, 2.05) is 6.07 Å². The quantitative estimate of drug-likeness (QED) is 0.927. The summed E-state index contributed by atoms with van der Waals surface area (Å²) >= 11 is 1.69. The number of nitrogens with zero attached hydrogens (tertiary/aromatic N) is 3. The largest absolute Gasteiger partial charge is 0.355 e. The Labute approximate surface area is 128 Å². The highest BCUT2D eigenvalue weighted by Crippen LogP contribution is 2.26. The molecule has 0 bridgehead atoms. The summed E-state index contributed by atoms with van der Waals surface area (Å²) in [5, 5.41) is 9.67. The Morgan fingerprint density at radius 3 is 2.95 bits per heavy atom. The van der Waals surface area contributed by atoms with Crippen molar-refractivity contribution >= 4 is 11.3 Å². The highest BCUT2D eigenvalue weighted by Gasteiger charge is 2.32. The fraction of sp³-hybridized carbons (Fsp3) is 0.533. The van der Waals surface area contributed by atoms with Crippen molar-refractivity contribution in [3.05, 3.63) is 29.3 Å². The highest BCUT2D eigenvalue weighted by molar-refractivity contribution is 7.13. The summed E-state index contributed by atoms with van der Waals surface area (Å²) in [5.41, 5.74) is 1.04. The van der Waals surface area contributed by atoms with Crippen molar-refractivity contribution in [2.24, 2.45) is 0 Å². The van der Waals surface area contributed by atoms with Gasteiger partial charge in [-0.2, -0.15) is 0 Å². The molecule has 4 rings (SSSR count). The average Bonchev–Trinajstić information content (AvgIpc) is 3.14. The monoisotopic (exact) mass is 304 g/mol. The van der Waals surface area contributed by atoms with E-state index in [9.17, 15) is 0 Å². The summed E-state index contributed by atoms with van der Waals surface area (Å²) in [6, 6.07) is 6.91. The number of likely N-dealkylation sites (tertiary alicyclic amines) is 1. The summed E-state index contributed by atoms with van der Waals surface area (Å²) in [5.74, 6) is 0.888. The van der Waals surface area contributed by atoms with Crippen molar-refractivity contribution in [3.63, 3.8) is 0 Å². The minimum atomic E-state index is 0.732. The van der Waals surface area contributed by atoms with Gasteiger partial charge in [0.15, 0.2) is 5.76 Å². The molecular weight excluding hydrogens is 284 g/mol. The lowest BCUT2D eigenvalue weighted by atomic mass is 10.1. The highest BCUT2D eigenvalue weighted by atomic mass is 32.1. The zero-order valence-electron chi connectivity index (χ0n) is 12.0. The van der Waals surface area contributed by atoms with E-state index in [0.29, 0.717) is 0 Å². The van der Waals surface area contributed by atoms with Crippen LogP contribution in [0.2, 0.25) is 0 Å². The van der Waals surface area contributed by atoms with Crippen LogP contribution in [0, 0.1) is 0 Å². The van der Waals surface area contributed by atoms with Crippen LogP contribution in [-0.2, 0) is 6.54 Å². The van der Waals surface area contributed by atoms with Crippen molar-refractivity contribution in [3.8, 4) is 10.6 Å². The average molecular weight is 304 g/mol. The molecule has 0 saturated carbocycles. The third-order valence-electron chi connectivity index (χ3n) is 4.31. The molecule has 0 atom stereocenters. The first kappa shape index (κ1) is 13.5. The van der Waals surface area contributed by atoms with Gasteiger partial charge in [-0.15, -0.1) is 11.3 Å². The van der Waals surface area contributed by atoms with Crippen LogP contribution in [0.3, 0.4) is 0 Å². The van der Waals surface area contributed by atoms with Crippen LogP contribution >= 0.6 is 11.3 Å². The van der Waals surface area contributed by atoms with Gasteiger partial charge in [-0.3, -0.25) is 9.80 Å². The van der Waals surface area contributed by atoms with Gasteiger partial charge in [0.25, 0.3) is 0 Å². The van der Waals surface area contributed by atoms with E-state index in [-0.39, 0.29) is 0 Å². The number of nitrogens with one attached hydrogen (secondary N) is 1. The Morgan fingerprint density at radius 1 is 1.33 bits per heavy atom. The molecular formula is C15H20N4OS. The molecule has 2 aromatic heterocycles. The Kier molecular flexibility index (Phi) is 3.77. The number of rotatable bonds is 4. The summed E-state index contributed by atoms with van der Waals surface area (Å²) in [6.07, 6.45) is 0.